The Bertz CT molecular complexity index is 1240. The number of benzene rings is 2. The quantitative estimate of drug-likeness (QED) is 0.529. The van der Waals surface area contributed by atoms with Crippen molar-refractivity contribution in [2.24, 2.45) is 0 Å². The molecule has 2 aromatic carbocycles. The highest BCUT2D eigenvalue weighted by Crippen LogP contribution is 2.38. The summed E-state index contributed by atoms with van der Waals surface area (Å²) in [7, 11) is 1.62. The summed E-state index contributed by atoms with van der Waals surface area (Å²) in [6.07, 6.45) is 1.98. The maximum atomic E-state index is 13.6. The zero-order valence-corrected chi connectivity index (χ0v) is 17.3. The van der Waals surface area contributed by atoms with Gasteiger partial charge in [-0.3, -0.25) is 0 Å². The van der Waals surface area contributed by atoms with Crippen LogP contribution in [0, 0.1) is 12.7 Å². The minimum atomic E-state index is -0.383. The second kappa shape index (κ2) is 7.43. The van der Waals surface area contributed by atoms with Crippen LogP contribution in [0.2, 0.25) is 0 Å². The minimum Gasteiger partial charge on any atom is -0.341 e. The molecule has 0 aliphatic carbocycles. The zero-order chi connectivity index (χ0) is 21.5. The van der Waals surface area contributed by atoms with Crippen molar-refractivity contribution in [3.8, 4) is 11.5 Å². The van der Waals surface area contributed by atoms with Crippen LogP contribution in [0.5, 0.6) is 0 Å². The van der Waals surface area contributed by atoms with E-state index in [0.717, 1.165) is 34.0 Å². The smallest absolute Gasteiger partial charge is 0.318 e. The van der Waals surface area contributed by atoms with E-state index in [1.165, 1.54) is 12.1 Å². The summed E-state index contributed by atoms with van der Waals surface area (Å²) in [5, 5.41) is 7.56. The van der Waals surface area contributed by atoms with Gasteiger partial charge in [0, 0.05) is 18.8 Å². The van der Waals surface area contributed by atoms with E-state index >= 15 is 0 Å². The van der Waals surface area contributed by atoms with Gasteiger partial charge in [-0.1, -0.05) is 30.3 Å². The second-order valence-electron chi connectivity index (χ2n) is 7.58. The largest absolute Gasteiger partial charge is 0.341 e. The van der Waals surface area contributed by atoms with Crippen LogP contribution < -0.4 is 5.32 Å². The third-order valence-electron chi connectivity index (χ3n) is 5.75. The van der Waals surface area contributed by atoms with Crippen molar-refractivity contribution in [3.05, 3.63) is 101 Å². The van der Waals surface area contributed by atoms with Gasteiger partial charge in [-0.2, -0.15) is 5.10 Å². The van der Waals surface area contributed by atoms with Crippen LogP contribution in [0.4, 0.5) is 9.18 Å². The van der Waals surface area contributed by atoms with Crippen molar-refractivity contribution < 1.29 is 9.18 Å². The standard InChI is InChI=1S/C24H22FN5O/c1-16-20-15-29(24(31)26-2)22(17-10-12-18(25)13-11-17)21-9-6-14-28(21)23(20)30(27-16)19-7-4-3-5-8-19/h3-14,22H,15H2,1-2H3,(H,26,31)/t22-/m0/s1. The number of hydrogen-bond donors (Lipinski definition) is 1. The number of nitrogens with zero attached hydrogens (tertiary/aromatic N) is 4. The first-order valence-electron chi connectivity index (χ1n) is 10.1. The van der Waals surface area contributed by atoms with Crippen molar-refractivity contribution >= 4 is 6.03 Å². The highest BCUT2D eigenvalue weighted by atomic mass is 19.1. The van der Waals surface area contributed by atoms with E-state index in [4.69, 9.17) is 5.10 Å². The molecule has 4 aromatic rings. The first kappa shape index (κ1) is 19.1. The summed E-state index contributed by atoms with van der Waals surface area (Å²) < 4.78 is 17.6. The molecule has 6 nitrogen and oxygen atoms in total. The predicted molar refractivity (Wildman–Crippen MR) is 116 cm³/mol. The van der Waals surface area contributed by atoms with E-state index in [1.807, 2.05) is 60.3 Å². The monoisotopic (exact) mass is 415 g/mol. The lowest BCUT2D eigenvalue weighted by Crippen LogP contribution is -2.40. The average Bonchev–Trinajstić information content (AvgIpc) is 3.35. The van der Waals surface area contributed by atoms with Crippen LogP contribution in [0.15, 0.2) is 72.9 Å². The number of aryl methyl sites for hydroxylation is 1. The molecule has 0 saturated carbocycles. The molecule has 0 radical (unpaired) electrons. The number of halogens is 1. The molecule has 156 valence electrons. The maximum absolute atomic E-state index is 13.6. The van der Waals surface area contributed by atoms with Gasteiger partial charge in [0.25, 0.3) is 0 Å². The molecule has 2 aromatic heterocycles. The first-order valence-corrected chi connectivity index (χ1v) is 10.1. The molecule has 0 unspecified atom stereocenters. The Morgan fingerprint density at radius 3 is 2.52 bits per heavy atom. The predicted octanol–water partition coefficient (Wildman–Crippen LogP) is 4.35. The lowest BCUT2D eigenvalue weighted by Gasteiger charge is -2.30. The fraction of sp³-hybridized carbons (Fsp3) is 0.167. The maximum Gasteiger partial charge on any atom is 0.318 e. The molecule has 2 amide bonds. The van der Waals surface area contributed by atoms with Crippen LogP contribution in [-0.2, 0) is 6.54 Å². The molecule has 31 heavy (non-hydrogen) atoms. The van der Waals surface area contributed by atoms with Crippen LogP contribution in [-0.4, -0.2) is 32.3 Å². The molecule has 1 aliphatic rings. The Hall–Kier alpha value is -3.87. The molecule has 1 atom stereocenters. The molecule has 0 bridgehead atoms. The van der Waals surface area contributed by atoms with Crippen LogP contribution in [0.1, 0.15) is 28.6 Å². The van der Waals surface area contributed by atoms with Crippen molar-refractivity contribution in [2.75, 3.05) is 7.05 Å². The number of aromatic nitrogens is 3. The molecule has 1 N–H and O–H groups in total. The second-order valence-corrected chi connectivity index (χ2v) is 7.58. The van der Waals surface area contributed by atoms with Gasteiger partial charge in [0.05, 0.1) is 29.7 Å². The number of fused-ring (bicyclic) bond motifs is 3. The summed E-state index contributed by atoms with van der Waals surface area (Å²) in [5.74, 6) is 0.598. The summed E-state index contributed by atoms with van der Waals surface area (Å²) in [4.78, 5) is 14.8. The van der Waals surface area contributed by atoms with Crippen molar-refractivity contribution in [2.45, 2.75) is 19.5 Å². The normalized spacial score (nSPS) is 15.2. The summed E-state index contributed by atoms with van der Waals surface area (Å²) in [6, 6.07) is 19.6. The molecular formula is C24H22FN5O. The van der Waals surface area contributed by atoms with Gasteiger partial charge < -0.3 is 14.8 Å². The molecular weight excluding hydrogens is 393 g/mol. The number of amides is 2. The molecule has 0 saturated heterocycles. The lowest BCUT2D eigenvalue weighted by molar-refractivity contribution is 0.182. The highest BCUT2D eigenvalue weighted by molar-refractivity contribution is 5.75. The van der Waals surface area contributed by atoms with Gasteiger partial charge in [0.2, 0.25) is 0 Å². The van der Waals surface area contributed by atoms with E-state index in [2.05, 4.69) is 9.88 Å². The zero-order valence-electron chi connectivity index (χ0n) is 17.3. The number of carbonyl (C=O) groups excluding carboxylic acids is 1. The van der Waals surface area contributed by atoms with Gasteiger partial charge in [-0.15, -0.1) is 0 Å². The van der Waals surface area contributed by atoms with Gasteiger partial charge in [-0.25, -0.2) is 13.9 Å². The van der Waals surface area contributed by atoms with E-state index in [-0.39, 0.29) is 17.9 Å². The molecule has 0 fully saturated rings. The molecule has 3 heterocycles. The Morgan fingerprint density at radius 1 is 1.06 bits per heavy atom. The van der Waals surface area contributed by atoms with Crippen molar-refractivity contribution in [1.82, 2.24) is 24.6 Å². The molecule has 0 spiro atoms. The van der Waals surface area contributed by atoms with Crippen molar-refractivity contribution in [3.63, 3.8) is 0 Å². The van der Waals surface area contributed by atoms with E-state index in [9.17, 15) is 9.18 Å². The minimum absolute atomic E-state index is 0.207. The summed E-state index contributed by atoms with van der Waals surface area (Å²) >= 11 is 0. The summed E-state index contributed by atoms with van der Waals surface area (Å²) in [5.41, 5.74) is 4.51. The van der Waals surface area contributed by atoms with Gasteiger partial charge in [0.1, 0.15) is 11.6 Å². The highest BCUT2D eigenvalue weighted by Gasteiger charge is 2.35. The number of urea groups is 1. The van der Waals surface area contributed by atoms with Gasteiger partial charge in [0.15, 0.2) is 0 Å². The van der Waals surface area contributed by atoms with Crippen molar-refractivity contribution in [1.29, 1.82) is 0 Å². The lowest BCUT2D eigenvalue weighted by atomic mass is 10.0. The first-order chi connectivity index (χ1) is 15.1. The number of nitrogens with one attached hydrogen (secondary N) is 1. The number of rotatable bonds is 2. The number of para-hydroxylation sites is 1. The van der Waals surface area contributed by atoms with E-state index < -0.39 is 0 Å². The van der Waals surface area contributed by atoms with Crippen LogP contribution in [0.3, 0.4) is 0 Å². The van der Waals surface area contributed by atoms with Gasteiger partial charge >= 0.3 is 6.03 Å². The number of carbonyl (C=O) groups is 1. The Kier molecular flexibility index (Phi) is 4.58. The van der Waals surface area contributed by atoms with Gasteiger partial charge in [-0.05, 0) is 48.9 Å². The fourth-order valence-corrected chi connectivity index (χ4v) is 4.29. The summed E-state index contributed by atoms with van der Waals surface area (Å²) in [6.45, 7) is 2.33. The Morgan fingerprint density at radius 2 is 1.81 bits per heavy atom. The SMILES string of the molecule is CNC(=O)N1Cc2c(C)nn(-c3ccccc3)c2-n2cccc2[C@@H]1c1ccc(F)cc1. The third-order valence-corrected chi connectivity index (χ3v) is 5.75. The van der Waals surface area contributed by atoms with Crippen LogP contribution in [0.25, 0.3) is 11.5 Å². The Labute approximate surface area is 179 Å². The van der Waals surface area contributed by atoms with Crippen LogP contribution >= 0.6 is 0 Å². The fourth-order valence-electron chi connectivity index (χ4n) is 4.29. The third kappa shape index (κ3) is 3.09. The molecule has 1 aliphatic heterocycles. The van der Waals surface area contributed by atoms with E-state index in [0.29, 0.717) is 6.54 Å². The molecule has 5 rings (SSSR count). The Balaban J connectivity index is 1.77. The number of hydrogen-bond acceptors (Lipinski definition) is 2. The molecule has 7 heteroatoms. The topological polar surface area (TPSA) is 55.1 Å². The van der Waals surface area contributed by atoms with E-state index in [1.54, 1.807) is 24.1 Å². The average molecular weight is 415 g/mol.